The van der Waals surface area contributed by atoms with E-state index in [2.05, 4.69) is 5.16 Å². The van der Waals surface area contributed by atoms with Crippen LogP contribution in [0.4, 0.5) is 4.39 Å². The van der Waals surface area contributed by atoms with Gasteiger partial charge in [0.05, 0.1) is 16.3 Å². The van der Waals surface area contributed by atoms with Crippen LogP contribution in [-0.4, -0.2) is 35.7 Å². The Balaban J connectivity index is 1.71. The van der Waals surface area contributed by atoms with Crippen molar-refractivity contribution < 1.29 is 14.0 Å². The van der Waals surface area contributed by atoms with Crippen molar-refractivity contribution in [3.63, 3.8) is 0 Å². The Labute approximate surface area is 127 Å². The van der Waals surface area contributed by atoms with Crippen molar-refractivity contribution in [2.45, 2.75) is 31.8 Å². The number of rotatable bonds is 2. The topological polar surface area (TPSA) is 41.9 Å². The van der Waals surface area contributed by atoms with Gasteiger partial charge in [0.15, 0.2) is 0 Å². The van der Waals surface area contributed by atoms with Crippen molar-refractivity contribution in [3.8, 4) is 0 Å². The Hall–Kier alpha value is -1.62. The van der Waals surface area contributed by atoms with Crippen LogP contribution < -0.4 is 0 Å². The van der Waals surface area contributed by atoms with Gasteiger partial charge in [-0.25, -0.2) is 4.39 Å². The number of piperidine rings is 1. The molecular weight excluding hydrogens is 295 g/mol. The van der Waals surface area contributed by atoms with Gasteiger partial charge in [-0.05, 0) is 31.4 Å². The van der Waals surface area contributed by atoms with E-state index < -0.39 is 11.9 Å². The maximum Gasteiger partial charge on any atom is 0.266 e. The Morgan fingerprint density at radius 1 is 1.33 bits per heavy atom. The fourth-order valence-electron chi connectivity index (χ4n) is 2.75. The summed E-state index contributed by atoms with van der Waals surface area (Å²) in [5, 5.41) is 4.15. The van der Waals surface area contributed by atoms with E-state index >= 15 is 0 Å². The highest BCUT2D eigenvalue weighted by atomic mass is 35.5. The molecule has 1 fully saturated rings. The molecule has 0 N–H and O–H groups in total. The molecule has 4 nitrogen and oxygen atoms in total. The lowest BCUT2D eigenvalue weighted by Crippen LogP contribution is -2.42. The molecule has 1 amide bonds. The first kappa shape index (κ1) is 14.3. The molecule has 0 spiro atoms. The summed E-state index contributed by atoms with van der Waals surface area (Å²) < 4.78 is 13.9. The molecular formula is C15H16ClFN2O2. The predicted molar refractivity (Wildman–Crippen MR) is 77.9 cm³/mol. The van der Waals surface area contributed by atoms with Gasteiger partial charge in [-0.1, -0.05) is 22.8 Å². The monoisotopic (exact) mass is 310 g/mol. The highest BCUT2D eigenvalue weighted by molar-refractivity contribution is 6.34. The van der Waals surface area contributed by atoms with Crippen molar-refractivity contribution in [1.29, 1.82) is 0 Å². The number of hydrogen-bond acceptors (Lipinski definition) is 3. The first-order chi connectivity index (χ1) is 10.2. The SMILES string of the molecule is O=C([C@@H]1CC(c2c(F)cccc2Cl)=NO1)N1CCCCC1. The van der Waals surface area contributed by atoms with E-state index in [0.29, 0.717) is 5.71 Å². The fraction of sp³-hybridized carbons (Fsp3) is 0.467. The number of carbonyl (C=O) groups excluding carboxylic acids is 1. The summed E-state index contributed by atoms with van der Waals surface area (Å²) in [6.07, 6.45) is 2.79. The molecule has 0 bridgehead atoms. The molecule has 2 heterocycles. The van der Waals surface area contributed by atoms with Crippen LogP contribution in [0.5, 0.6) is 0 Å². The molecule has 1 saturated heterocycles. The summed E-state index contributed by atoms with van der Waals surface area (Å²) in [4.78, 5) is 19.4. The molecule has 1 atom stereocenters. The van der Waals surface area contributed by atoms with Gasteiger partial charge in [0, 0.05) is 19.5 Å². The van der Waals surface area contributed by atoms with E-state index in [1.165, 1.54) is 12.1 Å². The van der Waals surface area contributed by atoms with Crippen molar-refractivity contribution >= 4 is 23.2 Å². The first-order valence-corrected chi connectivity index (χ1v) is 7.50. The quantitative estimate of drug-likeness (QED) is 0.842. The van der Waals surface area contributed by atoms with Crippen LogP contribution in [0.15, 0.2) is 23.4 Å². The van der Waals surface area contributed by atoms with Gasteiger partial charge >= 0.3 is 0 Å². The molecule has 0 unspecified atom stereocenters. The molecule has 0 saturated carbocycles. The third kappa shape index (κ3) is 2.88. The molecule has 0 radical (unpaired) electrons. The number of amides is 1. The Morgan fingerprint density at radius 3 is 2.81 bits per heavy atom. The molecule has 2 aliphatic heterocycles. The van der Waals surface area contributed by atoms with Gasteiger partial charge in [0.2, 0.25) is 6.10 Å². The summed E-state index contributed by atoms with van der Waals surface area (Å²) in [6.45, 7) is 1.52. The van der Waals surface area contributed by atoms with Crippen molar-refractivity contribution in [2.24, 2.45) is 5.16 Å². The van der Waals surface area contributed by atoms with Crippen molar-refractivity contribution in [3.05, 3.63) is 34.6 Å². The largest absolute Gasteiger partial charge is 0.382 e. The summed E-state index contributed by atoms with van der Waals surface area (Å²) in [5.41, 5.74) is 0.626. The van der Waals surface area contributed by atoms with E-state index in [1.807, 2.05) is 0 Å². The van der Waals surface area contributed by atoms with Crippen LogP contribution in [0.1, 0.15) is 31.2 Å². The second-order valence-electron chi connectivity index (χ2n) is 5.32. The lowest BCUT2D eigenvalue weighted by molar-refractivity contribution is -0.143. The maximum absolute atomic E-state index is 13.9. The van der Waals surface area contributed by atoms with Crippen LogP contribution in [0.25, 0.3) is 0 Å². The highest BCUT2D eigenvalue weighted by Crippen LogP contribution is 2.26. The van der Waals surface area contributed by atoms with Crippen LogP contribution in [-0.2, 0) is 9.63 Å². The normalized spacial score (nSPS) is 21.9. The second kappa shape index (κ2) is 6.02. The van der Waals surface area contributed by atoms with Crippen LogP contribution in [0, 0.1) is 5.82 Å². The predicted octanol–water partition coefficient (Wildman–Crippen LogP) is 2.98. The summed E-state index contributed by atoms with van der Waals surface area (Å²) in [5.74, 6) is -0.517. The van der Waals surface area contributed by atoms with E-state index in [0.717, 1.165) is 32.4 Å². The van der Waals surface area contributed by atoms with Crippen LogP contribution in [0.2, 0.25) is 5.02 Å². The number of carbonyl (C=O) groups is 1. The van der Waals surface area contributed by atoms with Gasteiger partial charge in [-0.15, -0.1) is 0 Å². The van der Waals surface area contributed by atoms with E-state index in [1.54, 1.807) is 11.0 Å². The fourth-order valence-corrected chi connectivity index (χ4v) is 3.02. The highest BCUT2D eigenvalue weighted by Gasteiger charge is 2.34. The van der Waals surface area contributed by atoms with Crippen molar-refractivity contribution in [2.75, 3.05) is 13.1 Å². The van der Waals surface area contributed by atoms with E-state index in [4.69, 9.17) is 16.4 Å². The number of hydrogen-bond donors (Lipinski definition) is 0. The number of likely N-dealkylation sites (tertiary alicyclic amines) is 1. The molecule has 0 aromatic heterocycles. The zero-order chi connectivity index (χ0) is 14.8. The number of oxime groups is 1. The zero-order valence-corrected chi connectivity index (χ0v) is 12.3. The maximum atomic E-state index is 13.9. The molecule has 3 rings (SSSR count). The van der Waals surface area contributed by atoms with Gasteiger partial charge in [-0.2, -0.15) is 0 Å². The van der Waals surface area contributed by atoms with Crippen LogP contribution in [0.3, 0.4) is 0 Å². The lowest BCUT2D eigenvalue weighted by atomic mass is 10.0. The van der Waals surface area contributed by atoms with Gasteiger partial charge in [0.1, 0.15) is 5.82 Å². The zero-order valence-electron chi connectivity index (χ0n) is 11.5. The molecule has 1 aromatic rings. The number of nitrogens with zero attached hydrogens (tertiary/aromatic N) is 2. The number of benzene rings is 1. The Kier molecular flexibility index (Phi) is 4.10. The smallest absolute Gasteiger partial charge is 0.266 e. The molecule has 112 valence electrons. The minimum atomic E-state index is -0.659. The van der Waals surface area contributed by atoms with Crippen LogP contribution >= 0.6 is 11.6 Å². The first-order valence-electron chi connectivity index (χ1n) is 7.12. The summed E-state index contributed by atoms with van der Waals surface area (Å²) in [6, 6.07) is 4.46. The Morgan fingerprint density at radius 2 is 2.10 bits per heavy atom. The van der Waals surface area contributed by atoms with E-state index in [-0.39, 0.29) is 22.9 Å². The standard InChI is InChI=1S/C15H16ClFN2O2/c16-10-5-4-6-11(17)14(10)12-9-13(21-18-12)15(20)19-7-2-1-3-8-19/h4-6,13H,1-3,7-9H2/t13-/m0/s1. The minimum Gasteiger partial charge on any atom is -0.382 e. The number of halogens is 2. The average Bonchev–Trinajstić information content (AvgIpc) is 2.97. The van der Waals surface area contributed by atoms with Gasteiger partial charge in [-0.3, -0.25) is 4.79 Å². The average molecular weight is 311 g/mol. The third-order valence-corrected chi connectivity index (χ3v) is 4.18. The molecule has 1 aromatic carbocycles. The molecule has 0 aliphatic carbocycles. The lowest BCUT2D eigenvalue weighted by Gasteiger charge is -2.28. The van der Waals surface area contributed by atoms with Gasteiger partial charge < -0.3 is 9.74 Å². The Bertz CT molecular complexity index is 565. The summed E-state index contributed by atoms with van der Waals surface area (Å²) in [7, 11) is 0. The van der Waals surface area contributed by atoms with E-state index in [9.17, 15) is 9.18 Å². The molecule has 2 aliphatic rings. The van der Waals surface area contributed by atoms with Crippen molar-refractivity contribution in [1.82, 2.24) is 4.90 Å². The molecule has 6 heteroatoms. The minimum absolute atomic E-state index is 0.0686. The molecule has 21 heavy (non-hydrogen) atoms. The third-order valence-electron chi connectivity index (χ3n) is 3.86. The summed E-state index contributed by atoms with van der Waals surface area (Å²) >= 11 is 6.01. The second-order valence-corrected chi connectivity index (χ2v) is 5.73. The van der Waals surface area contributed by atoms with Gasteiger partial charge in [0.25, 0.3) is 5.91 Å².